The van der Waals surface area contributed by atoms with Crippen molar-refractivity contribution in [1.82, 2.24) is 0 Å². The first-order valence-corrected chi connectivity index (χ1v) is 7.77. The summed E-state index contributed by atoms with van der Waals surface area (Å²) in [6, 6.07) is 4.88. The van der Waals surface area contributed by atoms with Crippen LogP contribution in [0.1, 0.15) is 30.6 Å². The van der Waals surface area contributed by atoms with Gasteiger partial charge in [0.1, 0.15) is 18.9 Å². The molecule has 130 valence electrons. The highest BCUT2D eigenvalue weighted by Gasteiger charge is 2.33. The molecule has 0 bridgehead atoms. The van der Waals surface area contributed by atoms with E-state index >= 15 is 0 Å². The third-order valence-electron chi connectivity index (χ3n) is 3.65. The number of ketones is 1. The van der Waals surface area contributed by atoms with E-state index in [1.165, 1.54) is 12.0 Å². The summed E-state index contributed by atoms with van der Waals surface area (Å²) in [4.78, 5) is 37.5. The standard InChI is InChI=1S/C17H21NO6/c1-4-14(19)12-5-6-15-13(9-12)18(17(21)11(2)24-15)10-16(20)23-8-7-22-3/h5-6,9,11H,4,7-8,10H2,1-3H3. The third-order valence-corrected chi connectivity index (χ3v) is 3.65. The molecule has 1 aliphatic rings. The Labute approximate surface area is 140 Å². The number of rotatable bonds is 7. The number of carbonyl (C=O) groups excluding carboxylic acids is 3. The van der Waals surface area contributed by atoms with Crippen molar-refractivity contribution in [3.05, 3.63) is 23.8 Å². The molecule has 0 spiro atoms. The minimum atomic E-state index is -0.711. The van der Waals surface area contributed by atoms with E-state index in [0.29, 0.717) is 23.4 Å². The van der Waals surface area contributed by atoms with E-state index in [0.717, 1.165) is 0 Å². The molecule has 0 saturated heterocycles. The highest BCUT2D eigenvalue weighted by molar-refractivity contribution is 6.05. The summed E-state index contributed by atoms with van der Waals surface area (Å²) in [7, 11) is 1.50. The number of benzene rings is 1. The van der Waals surface area contributed by atoms with Gasteiger partial charge < -0.3 is 14.2 Å². The van der Waals surface area contributed by atoms with Crippen molar-refractivity contribution < 1.29 is 28.6 Å². The predicted octanol–water partition coefficient (Wildman–Crippen LogP) is 1.58. The van der Waals surface area contributed by atoms with E-state index in [2.05, 4.69) is 0 Å². The minimum absolute atomic E-state index is 0.0495. The normalized spacial score (nSPS) is 16.4. The first-order valence-electron chi connectivity index (χ1n) is 7.77. The van der Waals surface area contributed by atoms with Crippen molar-refractivity contribution in [1.29, 1.82) is 0 Å². The molecule has 1 aromatic rings. The van der Waals surface area contributed by atoms with Crippen LogP contribution in [0.25, 0.3) is 0 Å². The summed E-state index contributed by atoms with van der Waals surface area (Å²) in [5, 5.41) is 0. The molecule has 1 atom stereocenters. The monoisotopic (exact) mass is 335 g/mol. The quantitative estimate of drug-likeness (QED) is 0.427. The lowest BCUT2D eigenvalue weighted by Crippen LogP contribution is -2.47. The highest BCUT2D eigenvalue weighted by Crippen LogP contribution is 2.35. The highest BCUT2D eigenvalue weighted by atomic mass is 16.6. The third kappa shape index (κ3) is 3.91. The average Bonchev–Trinajstić information content (AvgIpc) is 2.58. The van der Waals surface area contributed by atoms with Crippen molar-refractivity contribution >= 4 is 23.3 Å². The molecule has 1 unspecified atom stereocenters. The lowest BCUT2D eigenvalue weighted by molar-refractivity contribution is -0.144. The first kappa shape index (κ1) is 17.9. The summed E-state index contributed by atoms with van der Waals surface area (Å²) in [5.74, 6) is -0.495. The maximum atomic E-state index is 12.4. The Morgan fingerprint density at radius 1 is 1.29 bits per heavy atom. The molecule has 7 nitrogen and oxygen atoms in total. The van der Waals surface area contributed by atoms with E-state index in [9.17, 15) is 14.4 Å². The van der Waals surface area contributed by atoms with E-state index in [1.807, 2.05) is 0 Å². The lowest BCUT2D eigenvalue weighted by atomic mass is 10.1. The Kier molecular flexibility index (Phi) is 5.92. The van der Waals surface area contributed by atoms with Gasteiger partial charge in [0, 0.05) is 19.1 Å². The van der Waals surface area contributed by atoms with E-state index in [4.69, 9.17) is 14.2 Å². The first-order chi connectivity index (χ1) is 11.5. The van der Waals surface area contributed by atoms with Crippen molar-refractivity contribution in [2.45, 2.75) is 26.4 Å². The summed E-state index contributed by atoms with van der Waals surface area (Å²) in [5.41, 5.74) is 0.876. The van der Waals surface area contributed by atoms with Gasteiger partial charge in [0.2, 0.25) is 0 Å². The number of nitrogens with zero attached hydrogens (tertiary/aromatic N) is 1. The number of anilines is 1. The second kappa shape index (κ2) is 7.92. The van der Waals surface area contributed by atoms with Crippen LogP contribution in [0.15, 0.2) is 18.2 Å². The fourth-order valence-corrected chi connectivity index (χ4v) is 2.36. The molecule has 1 aromatic carbocycles. The van der Waals surface area contributed by atoms with Crippen LogP contribution >= 0.6 is 0 Å². The van der Waals surface area contributed by atoms with Crippen molar-refractivity contribution in [3.8, 4) is 5.75 Å². The van der Waals surface area contributed by atoms with Gasteiger partial charge in [0.05, 0.1) is 12.3 Å². The molecular formula is C17H21NO6. The van der Waals surface area contributed by atoms with Crippen LogP contribution in [-0.4, -0.2) is 50.6 Å². The van der Waals surface area contributed by atoms with Gasteiger partial charge in [-0.05, 0) is 25.1 Å². The maximum absolute atomic E-state index is 12.4. The number of fused-ring (bicyclic) bond motifs is 1. The van der Waals surface area contributed by atoms with Gasteiger partial charge in [-0.15, -0.1) is 0 Å². The van der Waals surface area contributed by atoms with Gasteiger partial charge in [-0.25, -0.2) is 0 Å². The number of amides is 1. The zero-order valence-corrected chi connectivity index (χ0v) is 14.0. The van der Waals surface area contributed by atoms with Gasteiger partial charge in [-0.2, -0.15) is 0 Å². The molecule has 1 amide bonds. The topological polar surface area (TPSA) is 82.1 Å². The van der Waals surface area contributed by atoms with Crippen LogP contribution in [0, 0.1) is 0 Å². The van der Waals surface area contributed by atoms with Crippen LogP contribution in [0.4, 0.5) is 5.69 Å². The zero-order valence-electron chi connectivity index (χ0n) is 14.0. The van der Waals surface area contributed by atoms with Gasteiger partial charge in [0.25, 0.3) is 5.91 Å². The second-order valence-electron chi connectivity index (χ2n) is 5.36. The largest absolute Gasteiger partial charge is 0.479 e. The molecule has 1 aliphatic heterocycles. The predicted molar refractivity (Wildman–Crippen MR) is 86.3 cm³/mol. The number of Topliss-reactive ketones (excluding diaryl/α,β-unsaturated/α-hetero) is 1. The van der Waals surface area contributed by atoms with Crippen LogP contribution in [0.5, 0.6) is 5.75 Å². The number of hydrogen-bond donors (Lipinski definition) is 0. The van der Waals surface area contributed by atoms with E-state index < -0.39 is 12.1 Å². The fourth-order valence-electron chi connectivity index (χ4n) is 2.36. The number of carbonyl (C=O) groups is 3. The summed E-state index contributed by atoms with van der Waals surface area (Å²) in [6.45, 7) is 3.53. The molecule has 0 aromatic heterocycles. The van der Waals surface area contributed by atoms with Crippen LogP contribution < -0.4 is 9.64 Å². The van der Waals surface area contributed by atoms with Gasteiger partial charge in [-0.1, -0.05) is 6.92 Å². The second-order valence-corrected chi connectivity index (χ2v) is 5.36. The Morgan fingerprint density at radius 3 is 2.71 bits per heavy atom. The van der Waals surface area contributed by atoms with E-state index in [-0.39, 0.29) is 31.4 Å². The molecular weight excluding hydrogens is 314 g/mol. The summed E-state index contributed by atoms with van der Waals surface area (Å²) >= 11 is 0. The Bertz CT molecular complexity index is 642. The van der Waals surface area contributed by atoms with Crippen molar-refractivity contribution in [2.75, 3.05) is 31.8 Å². The molecule has 0 aliphatic carbocycles. The Balaban J connectivity index is 2.25. The molecule has 1 heterocycles. The molecule has 0 N–H and O–H groups in total. The average molecular weight is 335 g/mol. The fraction of sp³-hybridized carbons (Fsp3) is 0.471. The van der Waals surface area contributed by atoms with Crippen LogP contribution in [0.3, 0.4) is 0 Å². The maximum Gasteiger partial charge on any atom is 0.326 e. The number of esters is 1. The molecule has 2 rings (SSSR count). The molecule has 0 fully saturated rings. The molecule has 0 radical (unpaired) electrons. The number of ether oxygens (including phenoxy) is 3. The Morgan fingerprint density at radius 2 is 2.04 bits per heavy atom. The zero-order chi connectivity index (χ0) is 17.7. The van der Waals surface area contributed by atoms with Gasteiger partial charge in [0.15, 0.2) is 11.9 Å². The van der Waals surface area contributed by atoms with Crippen LogP contribution in [0.2, 0.25) is 0 Å². The van der Waals surface area contributed by atoms with Crippen molar-refractivity contribution in [2.24, 2.45) is 0 Å². The summed E-state index contributed by atoms with van der Waals surface area (Å²) < 4.78 is 15.4. The van der Waals surface area contributed by atoms with Gasteiger partial charge >= 0.3 is 5.97 Å². The molecule has 24 heavy (non-hydrogen) atoms. The minimum Gasteiger partial charge on any atom is -0.479 e. The van der Waals surface area contributed by atoms with Gasteiger partial charge in [-0.3, -0.25) is 19.3 Å². The summed E-state index contributed by atoms with van der Waals surface area (Å²) in [6.07, 6.45) is -0.361. The van der Waals surface area contributed by atoms with Crippen molar-refractivity contribution in [3.63, 3.8) is 0 Å². The number of methoxy groups -OCH3 is 1. The van der Waals surface area contributed by atoms with Crippen LogP contribution in [-0.2, 0) is 19.1 Å². The number of hydrogen-bond acceptors (Lipinski definition) is 6. The van der Waals surface area contributed by atoms with E-state index in [1.54, 1.807) is 32.0 Å². The molecule has 7 heteroatoms. The smallest absolute Gasteiger partial charge is 0.326 e. The SMILES string of the molecule is CCC(=O)c1ccc2c(c1)N(CC(=O)OCCOC)C(=O)C(C)O2. The molecule has 0 saturated carbocycles. The Hall–Kier alpha value is -2.41. The lowest BCUT2D eigenvalue weighted by Gasteiger charge is -2.32.